The molecule has 12 heteroatoms. The van der Waals surface area contributed by atoms with Crippen molar-refractivity contribution in [3.63, 3.8) is 0 Å². The highest BCUT2D eigenvalue weighted by Gasteiger charge is 2.49. The summed E-state index contributed by atoms with van der Waals surface area (Å²) in [4.78, 5) is 17.8. The number of phenols is 1. The Morgan fingerprint density at radius 2 is 2.00 bits per heavy atom. The van der Waals surface area contributed by atoms with E-state index in [2.05, 4.69) is 14.9 Å². The topological polar surface area (TPSA) is 104 Å². The molecule has 9 nitrogen and oxygen atoms in total. The summed E-state index contributed by atoms with van der Waals surface area (Å²) >= 11 is 0. The van der Waals surface area contributed by atoms with E-state index in [0.717, 1.165) is 19.4 Å². The van der Waals surface area contributed by atoms with Gasteiger partial charge < -0.3 is 24.6 Å². The van der Waals surface area contributed by atoms with Gasteiger partial charge in [0.25, 0.3) is 0 Å². The number of benzene rings is 2. The van der Waals surface area contributed by atoms with Gasteiger partial charge in [0.15, 0.2) is 5.82 Å². The van der Waals surface area contributed by atoms with Gasteiger partial charge in [0.05, 0.1) is 23.6 Å². The number of nitrogens with zero attached hydrogens (tertiary/aromatic N) is 5. The standard InChI is InChI=1S/C34H36F3N5O4/c35-21-12-34(6-2-7-42(34)15-21)18-46-33-39-31-26-13-38-30(29(31)37)25-11-22(43)10-20-4-5-27(36)24(28(20)25)3-1-8-45-17-19-9-23(44)16-41(14-19)32(26)40-33/h4-5,10-11,13,19,21,23,43-44H,1-3,6-9,12,14-18H2/t19-,21-,23+,34+/m1/s1. The first-order valence-corrected chi connectivity index (χ1v) is 16.1. The molecule has 0 saturated carbocycles. The number of rotatable bonds is 3. The minimum absolute atomic E-state index is 0.0297. The summed E-state index contributed by atoms with van der Waals surface area (Å²) < 4.78 is 59.0. The van der Waals surface area contributed by atoms with E-state index in [1.54, 1.807) is 6.07 Å². The van der Waals surface area contributed by atoms with E-state index in [0.29, 0.717) is 79.5 Å². The number of hydrogen-bond donors (Lipinski definition) is 2. The molecule has 0 spiro atoms. The number of halogens is 3. The van der Waals surface area contributed by atoms with Crippen LogP contribution in [0, 0.1) is 17.6 Å². The third-order valence-electron chi connectivity index (χ3n) is 10.2. The van der Waals surface area contributed by atoms with Crippen LogP contribution in [0.15, 0.2) is 30.5 Å². The molecule has 4 atom stereocenters. The zero-order valence-electron chi connectivity index (χ0n) is 25.4. The molecule has 4 aromatic rings. The molecule has 0 amide bonds. The number of phenolic OH excluding ortho intramolecular Hbond substituents is 1. The number of fused-ring (bicyclic) bond motifs is 6. The van der Waals surface area contributed by atoms with Crippen molar-refractivity contribution in [1.82, 2.24) is 19.9 Å². The third-order valence-corrected chi connectivity index (χ3v) is 10.2. The van der Waals surface area contributed by atoms with Gasteiger partial charge in [0.2, 0.25) is 0 Å². The maximum Gasteiger partial charge on any atom is 0.319 e. The number of ether oxygens (including phenoxy) is 2. The number of pyridine rings is 1. The Bertz CT molecular complexity index is 1830. The first-order valence-electron chi connectivity index (χ1n) is 16.1. The summed E-state index contributed by atoms with van der Waals surface area (Å²) in [7, 11) is 0. The Balaban J connectivity index is 1.31. The summed E-state index contributed by atoms with van der Waals surface area (Å²) in [6.45, 7) is 2.86. The van der Waals surface area contributed by atoms with Gasteiger partial charge in [-0.2, -0.15) is 9.97 Å². The highest BCUT2D eigenvalue weighted by Crippen LogP contribution is 2.42. The number of alkyl halides is 1. The monoisotopic (exact) mass is 635 g/mol. The molecule has 6 bridgehead atoms. The number of hydrogen-bond acceptors (Lipinski definition) is 9. The van der Waals surface area contributed by atoms with Crippen molar-refractivity contribution in [1.29, 1.82) is 0 Å². The predicted octanol–water partition coefficient (Wildman–Crippen LogP) is 4.93. The minimum Gasteiger partial charge on any atom is -0.508 e. The number of aromatic nitrogens is 3. The smallest absolute Gasteiger partial charge is 0.319 e. The first-order chi connectivity index (χ1) is 22.3. The minimum atomic E-state index is -0.935. The van der Waals surface area contributed by atoms with Crippen LogP contribution in [0.3, 0.4) is 0 Å². The van der Waals surface area contributed by atoms with Gasteiger partial charge in [0, 0.05) is 50.3 Å². The second-order valence-electron chi connectivity index (χ2n) is 13.3. The van der Waals surface area contributed by atoms with Gasteiger partial charge in [0.1, 0.15) is 41.4 Å². The molecule has 9 rings (SSSR count). The fourth-order valence-electron chi connectivity index (χ4n) is 8.16. The van der Waals surface area contributed by atoms with Gasteiger partial charge in [-0.1, -0.05) is 6.07 Å². The lowest BCUT2D eigenvalue weighted by Crippen LogP contribution is -2.45. The van der Waals surface area contributed by atoms with Crippen LogP contribution in [0.25, 0.3) is 32.9 Å². The number of aryl methyl sites for hydroxylation is 1. The highest BCUT2D eigenvalue weighted by molar-refractivity contribution is 6.01. The van der Waals surface area contributed by atoms with E-state index in [-0.39, 0.29) is 47.6 Å². The summed E-state index contributed by atoms with van der Waals surface area (Å²) in [6, 6.07) is 5.79. The molecule has 2 aromatic heterocycles. The molecule has 0 aliphatic carbocycles. The summed E-state index contributed by atoms with van der Waals surface area (Å²) in [5, 5.41) is 22.8. The van der Waals surface area contributed by atoms with Crippen LogP contribution in [0.4, 0.5) is 19.0 Å². The van der Waals surface area contributed by atoms with Gasteiger partial charge in [-0.15, -0.1) is 0 Å². The molecule has 7 heterocycles. The summed E-state index contributed by atoms with van der Waals surface area (Å²) in [5.74, 6) is -0.962. The van der Waals surface area contributed by atoms with Gasteiger partial charge >= 0.3 is 6.01 Å². The van der Waals surface area contributed by atoms with Crippen molar-refractivity contribution in [2.45, 2.75) is 56.3 Å². The molecule has 3 fully saturated rings. The average molecular weight is 636 g/mol. The number of piperidine rings is 1. The molecule has 242 valence electrons. The Kier molecular flexibility index (Phi) is 7.41. The Labute approximate surface area is 264 Å². The van der Waals surface area contributed by atoms with Gasteiger partial charge in [-0.05, 0) is 73.2 Å². The summed E-state index contributed by atoms with van der Waals surface area (Å²) in [6.07, 6.45) is 3.37. The fourth-order valence-corrected chi connectivity index (χ4v) is 8.16. The van der Waals surface area contributed by atoms with Crippen LogP contribution in [0.5, 0.6) is 11.8 Å². The third kappa shape index (κ3) is 5.10. The second kappa shape index (κ2) is 11.5. The number of aliphatic hydroxyl groups is 1. The molecule has 46 heavy (non-hydrogen) atoms. The quantitative estimate of drug-likeness (QED) is 0.324. The average Bonchev–Trinajstić information content (AvgIpc) is 3.55. The van der Waals surface area contributed by atoms with Crippen molar-refractivity contribution < 1.29 is 32.9 Å². The van der Waals surface area contributed by atoms with E-state index < -0.39 is 29.4 Å². The fraction of sp³-hybridized carbons (Fsp3) is 0.500. The largest absolute Gasteiger partial charge is 0.508 e. The lowest BCUT2D eigenvalue weighted by Gasteiger charge is -2.37. The maximum absolute atomic E-state index is 16.9. The summed E-state index contributed by atoms with van der Waals surface area (Å²) in [5.41, 5.74) is 0.0354. The molecular formula is C34H36F3N5O4. The molecule has 3 saturated heterocycles. The van der Waals surface area contributed by atoms with E-state index in [4.69, 9.17) is 14.5 Å². The van der Waals surface area contributed by atoms with E-state index in [1.807, 2.05) is 4.90 Å². The second-order valence-corrected chi connectivity index (χ2v) is 13.3. The molecule has 2 aromatic carbocycles. The maximum atomic E-state index is 16.9. The molecule has 5 aliphatic rings. The van der Waals surface area contributed by atoms with Crippen molar-refractivity contribution in [3.8, 4) is 23.0 Å². The number of aliphatic hydroxyl groups excluding tert-OH is 1. The SMILES string of the molecule is Oc1cc2c3c(c(F)ccc3c1)CCCOC[C@@H]1C[C@H](O)CN(C1)c1nc(OC[C@@]34CCCN3C[C@H](F)C4)nc3c(F)c-2ncc13. The van der Waals surface area contributed by atoms with Crippen molar-refractivity contribution >= 4 is 27.5 Å². The van der Waals surface area contributed by atoms with E-state index in [1.165, 1.54) is 24.4 Å². The Morgan fingerprint density at radius 3 is 2.89 bits per heavy atom. The first kappa shape index (κ1) is 29.6. The predicted molar refractivity (Wildman–Crippen MR) is 166 cm³/mol. The van der Waals surface area contributed by atoms with Crippen LogP contribution in [-0.2, 0) is 11.2 Å². The van der Waals surface area contributed by atoms with Crippen molar-refractivity contribution in [2.24, 2.45) is 5.92 Å². The zero-order chi connectivity index (χ0) is 31.6. The molecule has 5 aliphatic heterocycles. The molecule has 0 unspecified atom stereocenters. The zero-order valence-corrected chi connectivity index (χ0v) is 25.4. The van der Waals surface area contributed by atoms with Gasteiger partial charge in [-0.3, -0.25) is 9.88 Å². The molecular weight excluding hydrogens is 599 g/mol. The van der Waals surface area contributed by atoms with E-state index in [9.17, 15) is 14.6 Å². The van der Waals surface area contributed by atoms with Crippen molar-refractivity contribution in [3.05, 3.63) is 47.7 Å². The van der Waals surface area contributed by atoms with Crippen LogP contribution in [0.1, 0.15) is 37.7 Å². The molecule has 2 N–H and O–H groups in total. The number of aromatic hydroxyl groups is 1. The normalized spacial score (nSPS) is 26.8. The van der Waals surface area contributed by atoms with Gasteiger partial charge in [-0.25, -0.2) is 13.2 Å². The van der Waals surface area contributed by atoms with Crippen molar-refractivity contribution in [2.75, 3.05) is 50.9 Å². The Hall–Kier alpha value is -3.74. The Morgan fingerprint density at radius 1 is 1.11 bits per heavy atom. The lowest BCUT2D eigenvalue weighted by atomic mass is 9.93. The van der Waals surface area contributed by atoms with Crippen LogP contribution in [-0.4, -0.2) is 93.9 Å². The van der Waals surface area contributed by atoms with Crippen LogP contribution >= 0.6 is 0 Å². The van der Waals surface area contributed by atoms with Crippen LogP contribution in [0.2, 0.25) is 0 Å². The lowest BCUT2D eigenvalue weighted by molar-refractivity contribution is 0.0569. The van der Waals surface area contributed by atoms with E-state index >= 15 is 8.78 Å². The van der Waals surface area contributed by atoms with Crippen LogP contribution < -0.4 is 9.64 Å². The highest BCUT2D eigenvalue weighted by atomic mass is 19.1. The number of anilines is 1. The molecule has 0 radical (unpaired) electrons.